The predicted molar refractivity (Wildman–Crippen MR) is 70.3 cm³/mol. The van der Waals surface area contributed by atoms with Gasteiger partial charge in [-0.25, -0.2) is 9.59 Å². The van der Waals surface area contributed by atoms with E-state index < -0.39 is 30.4 Å². The molecule has 0 saturated carbocycles. The summed E-state index contributed by atoms with van der Waals surface area (Å²) in [4.78, 5) is 34.7. The van der Waals surface area contributed by atoms with E-state index in [1.54, 1.807) is 0 Å². The van der Waals surface area contributed by atoms with Gasteiger partial charge in [-0.3, -0.25) is 9.69 Å². The summed E-state index contributed by atoms with van der Waals surface area (Å²) in [5, 5.41) is 20.2. The number of urea groups is 1. The van der Waals surface area contributed by atoms with Gasteiger partial charge in [-0.2, -0.15) is 0 Å². The van der Waals surface area contributed by atoms with Gasteiger partial charge < -0.3 is 21.3 Å². The van der Waals surface area contributed by atoms with E-state index in [-0.39, 0.29) is 5.75 Å². The van der Waals surface area contributed by atoms with E-state index >= 15 is 0 Å². The van der Waals surface area contributed by atoms with Crippen molar-refractivity contribution in [1.29, 1.82) is 0 Å². The summed E-state index contributed by atoms with van der Waals surface area (Å²) in [6, 6.07) is 3.65. The summed E-state index contributed by atoms with van der Waals surface area (Å²) in [6.07, 6.45) is -0.496. The van der Waals surface area contributed by atoms with Crippen LogP contribution < -0.4 is 16.0 Å². The van der Waals surface area contributed by atoms with Crippen molar-refractivity contribution in [3.8, 4) is 5.75 Å². The quantitative estimate of drug-likeness (QED) is 0.596. The molecule has 0 fully saturated rings. The number of carboxylic acids is 1. The number of aliphatic carboxylic acids is 1. The van der Waals surface area contributed by atoms with Crippen molar-refractivity contribution >= 4 is 23.6 Å². The van der Waals surface area contributed by atoms with E-state index in [9.17, 15) is 14.4 Å². The average molecular weight is 281 g/mol. The van der Waals surface area contributed by atoms with Gasteiger partial charge in [0.15, 0.2) is 0 Å². The fraction of sp³-hybridized carbons (Fsp3) is 0.250. The summed E-state index contributed by atoms with van der Waals surface area (Å²) >= 11 is 0. The molecule has 0 aromatic heterocycles. The zero-order valence-corrected chi connectivity index (χ0v) is 10.7. The molecule has 0 saturated heterocycles. The van der Waals surface area contributed by atoms with Gasteiger partial charge >= 0.3 is 12.0 Å². The summed E-state index contributed by atoms with van der Waals surface area (Å²) in [7, 11) is 1.42. The number of anilines is 1. The van der Waals surface area contributed by atoms with Gasteiger partial charge in [-0.15, -0.1) is 0 Å². The largest absolute Gasteiger partial charge is 0.508 e. The number of hydrogen-bond donors (Lipinski definition) is 4. The van der Waals surface area contributed by atoms with Gasteiger partial charge in [-0.05, 0) is 24.3 Å². The summed E-state index contributed by atoms with van der Waals surface area (Å²) < 4.78 is 0. The molecule has 1 aromatic carbocycles. The number of rotatable bonds is 5. The standard InChI is InChI=1S/C12H15N3O5/c1-15(7-2-4-8(16)5-3-7)12(20)14-9(11(18)19)6-10(13)17/h2-5,9,16H,6H2,1H3,(H2,13,17)(H,14,20)(H,18,19)/t9-/m1/s1. The molecule has 1 aromatic rings. The Labute approximate surface area is 114 Å². The van der Waals surface area contributed by atoms with Crippen LogP contribution in [0.2, 0.25) is 0 Å². The third kappa shape index (κ3) is 4.16. The number of hydrogen-bond acceptors (Lipinski definition) is 4. The number of nitrogens with zero attached hydrogens (tertiary/aromatic N) is 1. The lowest BCUT2D eigenvalue weighted by Crippen LogP contribution is -2.48. The van der Waals surface area contributed by atoms with Crippen LogP contribution in [0.5, 0.6) is 5.75 Å². The topological polar surface area (TPSA) is 133 Å². The highest BCUT2D eigenvalue weighted by Crippen LogP contribution is 2.17. The second-order valence-corrected chi connectivity index (χ2v) is 4.09. The van der Waals surface area contributed by atoms with Crippen molar-refractivity contribution in [2.24, 2.45) is 5.73 Å². The van der Waals surface area contributed by atoms with Crippen LogP contribution in [0.25, 0.3) is 0 Å². The Hall–Kier alpha value is -2.77. The lowest BCUT2D eigenvalue weighted by atomic mass is 10.2. The third-order valence-electron chi connectivity index (χ3n) is 2.54. The smallest absolute Gasteiger partial charge is 0.326 e. The number of amides is 3. The molecule has 1 atom stereocenters. The zero-order chi connectivity index (χ0) is 15.3. The van der Waals surface area contributed by atoms with Crippen LogP contribution in [0.1, 0.15) is 6.42 Å². The van der Waals surface area contributed by atoms with Gasteiger partial charge in [0.2, 0.25) is 5.91 Å². The summed E-state index contributed by atoms with van der Waals surface area (Å²) in [5.41, 5.74) is 5.36. The molecule has 3 amide bonds. The molecule has 0 radical (unpaired) electrons. The zero-order valence-electron chi connectivity index (χ0n) is 10.7. The highest BCUT2D eigenvalue weighted by atomic mass is 16.4. The van der Waals surface area contributed by atoms with Crippen molar-refractivity contribution in [3.63, 3.8) is 0 Å². The Kier molecular flexibility index (Phi) is 4.90. The van der Waals surface area contributed by atoms with Crippen molar-refractivity contribution in [3.05, 3.63) is 24.3 Å². The van der Waals surface area contributed by atoms with E-state index in [4.69, 9.17) is 15.9 Å². The molecular formula is C12H15N3O5. The fourth-order valence-corrected chi connectivity index (χ4v) is 1.44. The second kappa shape index (κ2) is 6.41. The molecule has 8 nitrogen and oxygen atoms in total. The number of aromatic hydroxyl groups is 1. The first-order valence-corrected chi connectivity index (χ1v) is 5.65. The van der Waals surface area contributed by atoms with Gasteiger partial charge in [0.25, 0.3) is 0 Å². The number of nitrogens with one attached hydrogen (secondary N) is 1. The van der Waals surface area contributed by atoms with Crippen molar-refractivity contribution in [2.75, 3.05) is 11.9 Å². The van der Waals surface area contributed by atoms with Gasteiger partial charge in [0.1, 0.15) is 11.8 Å². The van der Waals surface area contributed by atoms with Gasteiger partial charge in [-0.1, -0.05) is 0 Å². The van der Waals surface area contributed by atoms with E-state index in [1.165, 1.54) is 31.3 Å². The first kappa shape index (κ1) is 15.3. The normalized spacial score (nSPS) is 11.4. The van der Waals surface area contributed by atoms with Gasteiger partial charge in [0.05, 0.1) is 6.42 Å². The average Bonchev–Trinajstić information content (AvgIpc) is 2.37. The molecule has 0 unspecified atom stereocenters. The summed E-state index contributed by atoms with van der Waals surface area (Å²) in [5.74, 6) is -2.14. The number of carbonyl (C=O) groups is 3. The van der Waals surface area contributed by atoms with E-state index in [0.29, 0.717) is 5.69 Å². The summed E-state index contributed by atoms with van der Waals surface area (Å²) in [6.45, 7) is 0. The monoisotopic (exact) mass is 281 g/mol. The van der Waals surface area contributed by atoms with Crippen LogP contribution in [0.4, 0.5) is 10.5 Å². The van der Waals surface area contributed by atoms with E-state index in [2.05, 4.69) is 5.32 Å². The van der Waals surface area contributed by atoms with Crippen molar-refractivity contribution in [2.45, 2.75) is 12.5 Å². The minimum atomic E-state index is -1.39. The Balaban J connectivity index is 2.75. The Morgan fingerprint density at radius 1 is 1.30 bits per heavy atom. The van der Waals surface area contributed by atoms with Crippen molar-refractivity contribution < 1.29 is 24.6 Å². The molecule has 5 N–H and O–H groups in total. The first-order chi connectivity index (χ1) is 9.31. The number of phenolic OH excluding ortho intramolecular Hbond substituents is 1. The molecule has 8 heteroatoms. The highest BCUT2D eigenvalue weighted by Gasteiger charge is 2.24. The minimum Gasteiger partial charge on any atom is -0.508 e. The molecule has 0 aliphatic heterocycles. The molecule has 20 heavy (non-hydrogen) atoms. The van der Waals surface area contributed by atoms with Crippen molar-refractivity contribution in [1.82, 2.24) is 5.32 Å². The number of phenols is 1. The lowest BCUT2D eigenvalue weighted by Gasteiger charge is -2.21. The maximum atomic E-state index is 11.9. The Bertz CT molecular complexity index is 514. The van der Waals surface area contributed by atoms with E-state index in [0.717, 1.165) is 4.90 Å². The van der Waals surface area contributed by atoms with Crippen LogP contribution in [0, 0.1) is 0 Å². The maximum Gasteiger partial charge on any atom is 0.326 e. The molecule has 0 spiro atoms. The minimum absolute atomic E-state index is 0.0414. The fourth-order valence-electron chi connectivity index (χ4n) is 1.44. The highest BCUT2D eigenvalue weighted by molar-refractivity contribution is 5.95. The van der Waals surface area contributed by atoms with Crippen LogP contribution in [0.15, 0.2) is 24.3 Å². The molecule has 0 heterocycles. The van der Waals surface area contributed by atoms with Crippen LogP contribution in [-0.4, -0.2) is 41.2 Å². The molecule has 108 valence electrons. The number of carbonyl (C=O) groups excluding carboxylic acids is 2. The Morgan fingerprint density at radius 2 is 1.85 bits per heavy atom. The predicted octanol–water partition coefficient (Wildman–Crippen LogP) is -0.133. The second-order valence-electron chi connectivity index (χ2n) is 4.09. The molecule has 0 bridgehead atoms. The van der Waals surface area contributed by atoms with E-state index in [1.807, 2.05) is 0 Å². The molecular weight excluding hydrogens is 266 g/mol. The SMILES string of the molecule is CN(C(=O)N[C@H](CC(N)=O)C(=O)O)c1ccc(O)cc1. The van der Waals surface area contributed by atoms with Gasteiger partial charge in [0, 0.05) is 12.7 Å². The van der Waals surface area contributed by atoms with Crippen LogP contribution >= 0.6 is 0 Å². The number of nitrogens with two attached hydrogens (primary N) is 1. The number of benzene rings is 1. The number of primary amides is 1. The van der Waals surface area contributed by atoms with Crippen LogP contribution in [0.3, 0.4) is 0 Å². The molecule has 0 aliphatic rings. The number of carboxylic acid groups (broad SMARTS) is 1. The Morgan fingerprint density at radius 3 is 2.30 bits per heavy atom. The first-order valence-electron chi connectivity index (χ1n) is 5.65. The lowest BCUT2D eigenvalue weighted by molar-refractivity contribution is -0.140. The third-order valence-corrected chi connectivity index (χ3v) is 2.54. The maximum absolute atomic E-state index is 11.9. The van der Waals surface area contributed by atoms with Crippen LogP contribution in [-0.2, 0) is 9.59 Å². The molecule has 0 aliphatic carbocycles. The molecule has 1 rings (SSSR count).